The van der Waals surface area contributed by atoms with Gasteiger partial charge in [-0.15, -0.1) is 0 Å². The van der Waals surface area contributed by atoms with Crippen LogP contribution in [-0.4, -0.2) is 18.4 Å². The maximum absolute atomic E-state index is 12.0. The van der Waals surface area contributed by atoms with E-state index >= 15 is 0 Å². The Kier molecular flexibility index (Phi) is 6.36. The van der Waals surface area contributed by atoms with E-state index in [0.29, 0.717) is 6.54 Å². The van der Waals surface area contributed by atoms with E-state index in [1.807, 2.05) is 30.3 Å². The highest BCUT2D eigenvalue weighted by atomic mass is 16.2. The quantitative estimate of drug-likeness (QED) is 0.607. The minimum absolute atomic E-state index is 0.257. The molecule has 1 aromatic rings. The van der Waals surface area contributed by atoms with Crippen molar-refractivity contribution in [3.8, 4) is 0 Å². The van der Waals surface area contributed by atoms with Crippen LogP contribution in [0, 0.1) is 0 Å². The summed E-state index contributed by atoms with van der Waals surface area (Å²) in [6, 6.07) is 9.41. The number of carbonyl (C=O) groups excluding carboxylic acids is 2. The van der Waals surface area contributed by atoms with E-state index < -0.39 is 0 Å². The first-order valence-electron chi connectivity index (χ1n) is 6.46. The molecule has 0 unspecified atom stereocenters. The lowest BCUT2D eigenvalue weighted by Crippen LogP contribution is -2.34. The Hall–Kier alpha value is -2.10. The second kappa shape index (κ2) is 8.08. The Bertz CT molecular complexity index is 452. The summed E-state index contributed by atoms with van der Waals surface area (Å²) in [5, 5.41) is 5.35. The van der Waals surface area contributed by atoms with Crippen molar-refractivity contribution in [1.82, 2.24) is 10.6 Å². The molecule has 2 amide bonds. The Morgan fingerprint density at radius 2 is 1.89 bits per heavy atom. The number of carbonyl (C=O) groups is 2. The summed E-state index contributed by atoms with van der Waals surface area (Å²) in [5.74, 6) is -0.514. The van der Waals surface area contributed by atoms with Crippen LogP contribution >= 0.6 is 0 Å². The lowest BCUT2D eigenvalue weighted by Gasteiger charge is -2.09. The summed E-state index contributed by atoms with van der Waals surface area (Å²) in [6.07, 6.45) is 3.60. The number of rotatable bonds is 6. The van der Waals surface area contributed by atoms with Crippen LogP contribution in [0.15, 0.2) is 36.0 Å². The molecule has 0 saturated heterocycles. The zero-order valence-electron chi connectivity index (χ0n) is 11.4. The highest BCUT2D eigenvalue weighted by Gasteiger charge is 2.10. The average Bonchev–Trinajstić information content (AvgIpc) is 2.39. The van der Waals surface area contributed by atoms with Crippen molar-refractivity contribution in [2.24, 2.45) is 0 Å². The summed E-state index contributed by atoms with van der Waals surface area (Å²) in [5.41, 5.74) is 1.15. The molecule has 0 radical (unpaired) electrons. The second-order valence-corrected chi connectivity index (χ2v) is 4.26. The van der Waals surface area contributed by atoms with Gasteiger partial charge in [0.15, 0.2) is 0 Å². The maximum atomic E-state index is 12.0. The number of nitrogens with one attached hydrogen (secondary N) is 2. The third-order valence-electron chi connectivity index (χ3n) is 2.48. The summed E-state index contributed by atoms with van der Waals surface area (Å²) >= 11 is 0. The molecule has 0 aliphatic heterocycles. The lowest BCUT2D eigenvalue weighted by molar-refractivity contribution is -0.122. The molecule has 102 valence electrons. The number of hydrogen-bond donors (Lipinski definition) is 2. The predicted octanol–water partition coefficient (Wildman–Crippen LogP) is 2.08. The molecular formula is C15H20N2O2. The molecule has 0 spiro atoms. The molecule has 4 nitrogen and oxygen atoms in total. The molecular weight excluding hydrogens is 240 g/mol. The highest BCUT2D eigenvalue weighted by Crippen LogP contribution is 2.05. The minimum Gasteiger partial charge on any atom is -0.351 e. The molecule has 0 bridgehead atoms. The second-order valence-electron chi connectivity index (χ2n) is 4.26. The van der Waals surface area contributed by atoms with Crippen molar-refractivity contribution in [2.75, 3.05) is 6.54 Å². The number of unbranched alkanes of at least 4 members (excludes halogenated alkanes) is 1. The van der Waals surface area contributed by atoms with Gasteiger partial charge in [0.2, 0.25) is 5.91 Å². The van der Waals surface area contributed by atoms with Gasteiger partial charge in [0, 0.05) is 13.5 Å². The van der Waals surface area contributed by atoms with Crippen molar-refractivity contribution in [1.29, 1.82) is 0 Å². The van der Waals surface area contributed by atoms with Crippen LogP contribution in [0.2, 0.25) is 0 Å². The van der Waals surface area contributed by atoms with E-state index in [-0.39, 0.29) is 17.5 Å². The first-order valence-corrected chi connectivity index (χ1v) is 6.46. The van der Waals surface area contributed by atoms with Crippen LogP contribution in [0.5, 0.6) is 0 Å². The van der Waals surface area contributed by atoms with Crippen molar-refractivity contribution in [2.45, 2.75) is 26.7 Å². The molecule has 0 aliphatic carbocycles. The van der Waals surface area contributed by atoms with Crippen molar-refractivity contribution in [3.05, 3.63) is 41.6 Å². The van der Waals surface area contributed by atoms with Gasteiger partial charge in [-0.25, -0.2) is 0 Å². The van der Waals surface area contributed by atoms with Crippen LogP contribution in [0.4, 0.5) is 0 Å². The average molecular weight is 260 g/mol. The molecule has 0 aromatic heterocycles. The molecule has 2 N–H and O–H groups in total. The van der Waals surface area contributed by atoms with Crippen LogP contribution in [0.1, 0.15) is 32.3 Å². The molecule has 0 heterocycles. The monoisotopic (exact) mass is 260 g/mol. The Labute approximate surface area is 113 Å². The fourth-order valence-corrected chi connectivity index (χ4v) is 1.54. The highest BCUT2D eigenvalue weighted by molar-refractivity contribution is 6.00. The first kappa shape index (κ1) is 15.0. The smallest absolute Gasteiger partial charge is 0.267 e. The molecule has 4 heteroatoms. The summed E-state index contributed by atoms with van der Waals surface area (Å²) < 4.78 is 0. The van der Waals surface area contributed by atoms with E-state index in [4.69, 9.17) is 0 Å². The van der Waals surface area contributed by atoms with Gasteiger partial charge < -0.3 is 10.6 Å². The predicted molar refractivity (Wildman–Crippen MR) is 76.2 cm³/mol. The summed E-state index contributed by atoms with van der Waals surface area (Å²) in [7, 11) is 0. The fourth-order valence-electron chi connectivity index (χ4n) is 1.54. The van der Waals surface area contributed by atoms with Gasteiger partial charge in [0.05, 0.1) is 0 Å². The van der Waals surface area contributed by atoms with E-state index in [0.717, 1.165) is 18.4 Å². The summed E-state index contributed by atoms with van der Waals surface area (Å²) in [6.45, 7) is 4.06. The number of hydrogen-bond acceptors (Lipinski definition) is 2. The maximum Gasteiger partial charge on any atom is 0.267 e. The van der Waals surface area contributed by atoms with Crippen LogP contribution in [0.25, 0.3) is 6.08 Å². The molecule has 0 aliphatic rings. The Balaban J connectivity index is 2.79. The topological polar surface area (TPSA) is 58.2 Å². The molecule has 19 heavy (non-hydrogen) atoms. The summed E-state index contributed by atoms with van der Waals surface area (Å²) in [4.78, 5) is 23.1. The SMILES string of the molecule is CCCCNC(=O)/C(=C\c1ccccc1)NC(C)=O. The Morgan fingerprint density at radius 1 is 1.21 bits per heavy atom. The van der Waals surface area contributed by atoms with Crippen LogP contribution < -0.4 is 10.6 Å². The van der Waals surface area contributed by atoms with E-state index in [1.54, 1.807) is 6.08 Å². The van der Waals surface area contributed by atoms with Crippen LogP contribution in [0.3, 0.4) is 0 Å². The van der Waals surface area contributed by atoms with Gasteiger partial charge in [-0.1, -0.05) is 43.7 Å². The Morgan fingerprint density at radius 3 is 2.47 bits per heavy atom. The lowest BCUT2D eigenvalue weighted by atomic mass is 10.2. The normalized spacial score (nSPS) is 10.9. The van der Waals surface area contributed by atoms with Gasteiger partial charge >= 0.3 is 0 Å². The fraction of sp³-hybridized carbons (Fsp3) is 0.333. The third kappa shape index (κ3) is 5.86. The zero-order chi connectivity index (χ0) is 14.1. The van der Waals surface area contributed by atoms with Gasteiger partial charge in [-0.3, -0.25) is 9.59 Å². The van der Waals surface area contributed by atoms with E-state index in [1.165, 1.54) is 6.92 Å². The van der Waals surface area contributed by atoms with Crippen molar-refractivity contribution >= 4 is 17.9 Å². The molecule has 0 saturated carbocycles. The van der Waals surface area contributed by atoms with Crippen molar-refractivity contribution < 1.29 is 9.59 Å². The molecule has 0 fully saturated rings. The zero-order valence-corrected chi connectivity index (χ0v) is 11.4. The van der Waals surface area contributed by atoms with E-state index in [2.05, 4.69) is 17.6 Å². The van der Waals surface area contributed by atoms with E-state index in [9.17, 15) is 9.59 Å². The molecule has 1 aromatic carbocycles. The molecule has 1 rings (SSSR count). The van der Waals surface area contributed by atoms with Gasteiger partial charge in [-0.2, -0.15) is 0 Å². The first-order chi connectivity index (χ1) is 9.13. The van der Waals surface area contributed by atoms with Crippen molar-refractivity contribution in [3.63, 3.8) is 0 Å². The van der Waals surface area contributed by atoms with Gasteiger partial charge in [0.25, 0.3) is 5.91 Å². The number of amides is 2. The number of benzene rings is 1. The van der Waals surface area contributed by atoms with Gasteiger partial charge in [-0.05, 0) is 18.1 Å². The van der Waals surface area contributed by atoms with Crippen LogP contribution in [-0.2, 0) is 9.59 Å². The van der Waals surface area contributed by atoms with Gasteiger partial charge in [0.1, 0.15) is 5.70 Å². The third-order valence-corrected chi connectivity index (χ3v) is 2.48. The standard InChI is InChI=1S/C15H20N2O2/c1-3-4-10-16-15(19)14(17-12(2)18)11-13-8-6-5-7-9-13/h5-9,11H,3-4,10H2,1-2H3,(H,16,19)(H,17,18)/b14-11+. The molecule has 0 atom stereocenters. The largest absolute Gasteiger partial charge is 0.351 e. The minimum atomic E-state index is -0.257.